The van der Waals surface area contributed by atoms with E-state index in [1.165, 1.54) is 5.69 Å². The molecule has 1 fully saturated rings. The van der Waals surface area contributed by atoms with Gasteiger partial charge in [0.25, 0.3) is 0 Å². The van der Waals surface area contributed by atoms with Crippen molar-refractivity contribution in [3.8, 4) is 0 Å². The third-order valence-electron chi connectivity index (χ3n) is 4.48. The van der Waals surface area contributed by atoms with Crippen molar-refractivity contribution >= 4 is 11.7 Å². The van der Waals surface area contributed by atoms with Gasteiger partial charge in [-0.15, -0.1) is 0 Å². The zero-order valence-electron chi connectivity index (χ0n) is 12.4. The molecule has 0 aliphatic carbocycles. The second-order valence-electron chi connectivity index (χ2n) is 5.33. The maximum Gasteiger partial charge on any atom is 0.324 e. The number of nitrogens with zero attached hydrogens (tertiary/aromatic N) is 2. The van der Waals surface area contributed by atoms with Crippen molar-refractivity contribution in [3.05, 3.63) is 30.3 Å². The van der Waals surface area contributed by atoms with Crippen molar-refractivity contribution in [1.82, 2.24) is 4.90 Å². The molecule has 110 valence electrons. The van der Waals surface area contributed by atoms with E-state index >= 15 is 0 Å². The van der Waals surface area contributed by atoms with Crippen LogP contribution in [0.2, 0.25) is 0 Å². The Morgan fingerprint density at radius 3 is 2.20 bits per heavy atom. The van der Waals surface area contributed by atoms with Gasteiger partial charge in [-0.2, -0.15) is 0 Å². The number of aliphatic carboxylic acids is 1. The molecule has 0 radical (unpaired) electrons. The Morgan fingerprint density at radius 2 is 1.75 bits per heavy atom. The van der Waals surface area contributed by atoms with Gasteiger partial charge >= 0.3 is 5.97 Å². The average Bonchev–Trinajstić information content (AvgIpc) is 2.50. The van der Waals surface area contributed by atoms with E-state index in [0.29, 0.717) is 12.8 Å². The van der Waals surface area contributed by atoms with Crippen molar-refractivity contribution in [1.29, 1.82) is 0 Å². The second-order valence-corrected chi connectivity index (χ2v) is 5.33. The van der Waals surface area contributed by atoms with Crippen LogP contribution in [-0.4, -0.2) is 47.7 Å². The van der Waals surface area contributed by atoms with Gasteiger partial charge in [-0.1, -0.05) is 32.0 Å². The lowest BCUT2D eigenvalue weighted by Gasteiger charge is -2.46. The summed E-state index contributed by atoms with van der Waals surface area (Å²) < 4.78 is 0. The summed E-state index contributed by atoms with van der Waals surface area (Å²) in [5, 5.41) is 9.72. The minimum absolute atomic E-state index is 0.672. The monoisotopic (exact) mass is 276 g/mol. The van der Waals surface area contributed by atoms with E-state index in [-0.39, 0.29) is 0 Å². The first-order chi connectivity index (χ1) is 9.64. The summed E-state index contributed by atoms with van der Waals surface area (Å²) in [6, 6.07) is 10.2. The smallest absolute Gasteiger partial charge is 0.324 e. The molecular weight excluding hydrogens is 252 g/mol. The van der Waals surface area contributed by atoms with Gasteiger partial charge in [0.1, 0.15) is 5.54 Å². The van der Waals surface area contributed by atoms with Crippen molar-refractivity contribution < 1.29 is 9.90 Å². The van der Waals surface area contributed by atoms with Crippen molar-refractivity contribution in [2.24, 2.45) is 0 Å². The Labute approximate surface area is 121 Å². The Balaban J connectivity index is 2.13. The van der Waals surface area contributed by atoms with Gasteiger partial charge in [-0.25, -0.2) is 0 Å². The van der Waals surface area contributed by atoms with Gasteiger partial charge in [0, 0.05) is 18.8 Å². The normalized spacial score (nSPS) is 18.2. The average molecular weight is 276 g/mol. The number of benzene rings is 1. The first kappa shape index (κ1) is 14.9. The summed E-state index contributed by atoms with van der Waals surface area (Å²) in [5.74, 6) is -0.672. The molecule has 4 nitrogen and oxygen atoms in total. The van der Waals surface area contributed by atoms with Crippen LogP contribution in [0.5, 0.6) is 0 Å². The molecule has 1 N–H and O–H groups in total. The highest BCUT2D eigenvalue weighted by atomic mass is 16.4. The molecule has 0 bridgehead atoms. The lowest BCUT2D eigenvalue weighted by Crippen LogP contribution is -2.60. The molecule has 1 aliphatic heterocycles. The van der Waals surface area contributed by atoms with Crippen LogP contribution in [0.25, 0.3) is 0 Å². The molecule has 0 amide bonds. The predicted molar refractivity (Wildman–Crippen MR) is 81.2 cm³/mol. The molecule has 2 rings (SSSR count). The minimum atomic E-state index is -0.686. The fourth-order valence-corrected chi connectivity index (χ4v) is 3.27. The summed E-state index contributed by atoms with van der Waals surface area (Å²) in [6.45, 7) is 7.25. The topological polar surface area (TPSA) is 43.8 Å². The van der Waals surface area contributed by atoms with Gasteiger partial charge in [0.05, 0.1) is 0 Å². The van der Waals surface area contributed by atoms with Crippen molar-refractivity contribution in [3.63, 3.8) is 0 Å². The van der Waals surface area contributed by atoms with E-state index < -0.39 is 11.5 Å². The molecule has 4 heteroatoms. The van der Waals surface area contributed by atoms with E-state index in [9.17, 15) is 9.90 Å². The molecule has 1 saturated heterocycles. The van der Waals surface area contributed by atoms with Crippen molar-refractivity contribution in [2.45, 2.75) is 32.2 Å². The Morgan fingerprint density at radius 1 is 1.20 bits per heavy atom. The molecule has 0 spiro atoms. The molecule has 1 aromatic rings. The Bertz CT molecular complexity index is 435. The molecule has 0 aromatic heterocycles. The summed E-state index contributed by atoms with van der Waals surface area (Å²) in [4.78, 5) is 16.2. The van der Waals surface area contributed by atoms with Crippen LogP contribution < -0.4 is 4.90 Å². The van der Waals surface area contributed by atoms with Crippen molar-refractivity contribution in [2.75, 3.05) is 31.1 Å². The minimum Gasteiger partial charge on any atom is -0.480 e. The van der Waals surface area contributed by atoms with Crippen LogP contribution in [0.3, 0.4) is 0 Å². The number of piperidine rings is 1. The van der Waals surface area contributed by atoms with Gasteiger partial charge in [0.15, 0.2) is 0 Å². The number of carbonyl (C=O) groups is 1. The lowest BCUT2D eigenvalue weighted by molar-refractivity contribution is -0.153. The molecule has 1 aliphatic rings. The molecule has 1 heterocycles. The highest BCUT2D eigenvalue weighted by molar-refractivity contribution is 5.79. The van der Waals surface area contributed by atoms with Crippen LogP contribution in [0.1, 0.15) is 26.7 Å². The molecule has 0 unspecified atom stereocenters. The van der Waals surface area contributed by atoms with E-state index in [2.05, 4.69) is 21.9 Å². The first-order valence-corrected chi connectivity index (χ1v) is 7.42. The standard InChI is InChI=1S/C16H24N2O2/c1-3-18(4-2)16(15(19)20)10-12-17(13-11-16)14-8-6-5-7-9-14/h5-9H,3-4,10-13H2,1-2H3,(H,19,20). The number of rotatable bonds is 5. The van der Waals surface area contributed by atoms with E-state index in [4.69, 9.17) is 0 Å². The number of para-hydroxylation sites is 1. The first-order valence-electron chi connectivity index (χ1n) is 7.42. The van der Waals surface area contributed by atoms with Crippen LogP contribution in [-0.2, 0) is 4.79 Å². The Hall–Kier alpha value is -1.55. The number of hydrogen-bond acceptors (Lipinski definition) is 3. The molecule has 0 saturated carbocycles. The summed E-state index contributed by atoms with van der Waals surface area (Å²) in [5.41, 5.74) is 0.500. The number of hydrogen-bond donors (Lipinski definition) is 1. The Kier molecular flexibility index (Phi) is 4.65. The SMILES string of the molecule is CCN(CC)C1(C(=O)O)CCN(c2ccccc2)CC1. The zero-order valence-corrected chi connectivity index (χ0v) is 12.4. The predicted octanol–water partition coefficient (Wildman–Crippen LogP) is 2.45. The zero-order chi connectivity index (χ0) is 14.6. The summed E-state index contributed by atoms with van der Waals surface area (Å²) in [6.07, 6.45) is 1.36. The summed E-state index contributed by atoms with van der Waals surface area (Å²) >= 11 is 0. The highest BCUT2D eigenvalue weighted by Crippen LogP contribution is 2.31. The maximum atomic E-state index is 11.8. The van der Waals surface area contributed by atoms with Gasteiger partial charge < -0.3 is 10.0 Å². The molecule has 0 atom stereocenters. The number of anilines is 1. The second kappa shape index (κ2) is 6.27. The number of likely N-dealkylation sites (N-methyl/N-ethyl adjacent to an activating group) is 1. The number of carboxylic acids is 1. The van der Waals surface area contributed by atoms with E-state index in [0.717, 1.165) is 26.2 Å². The largest absolute Gasteiger partial charge is 0.480 e. The van der Waals surface area contributed by atoms with E-state index in [1.807, 2.05) is 32.0 Å². The lowest BCUT2D eigenvalue weighted by atomic mass is 9.85. The third kappa shape index (κ3) is 2.66. The van der Waals surface area contributed by atoms with Gasteiger partial charge in [-0.3, -0.25) is 9.69 Å². The van der Waals surface area contributed by atoms with Crippen LogP contribution in [0.4, 0.5) is 5.69 Å². The van der Waals surface area contributed by atoms with Crippen LogP contribution in [0, 0.1) is 0 Å². The summed E-state index contributed by atoms with van der Waals surface area (Å²) in [7, 11) is 0. The third-order valence-corrected chi connectivity index (χ3v) is 4.48. The molecule has 1 aromatic carbocycles. The van der Waals surface area contributed by atoms with Gasteiger partial charge in [-0.05, 0) is 38.1 Å². The molecule has 20 heavy (non-hydrogen) atoms. The van der Waals surface area contributed by atoms with Crippen LogP contribution in [0.15, 0.2) is 30.3 Å². The van der Waals surface area contributed by atoms with E-state index in [1.54, 1.807) is 0 Å². The quantitative estimate of drug-likeness (QED) is 0.897. The molecular formula is C16H24N2O2. The number of carboxylic acid groups (broad SMARTS) is 1. The van der Waals surface area contributed by atoms with Gasteiger partial charge in [0.2, 0.25) is 0 Å². The van der Waals surface area contributed by atoms with Crippen LogP contribution >= 0.6 is 0 Å². The fourth-order valence-electron chi connectivity index (χ4n) is 3.27. The maximum absolute atomic E-state index is 11.8. The fraction of sp³-hybridized carbons (Fsp3) is 0.562. The highest BCUT2D eigenvalue weighted by Gasteiger charge is 2.45.